The van der Waals surface area contributed by atoms with Gasteiger partial charge in [0.05, 0.1) is 49.0 Å². The van der Waals surface area contributed by atoms with Crippen molar-refractivity contribution in [3.05, 3.63) is 69.8 Å². The molecule has 2 aromatic rings. The van der Waals surface area contributed by atoms with Crippen LogP contribution in [-0.2, 0) is 0 Å². The Balaban J connectivity index is 1.74. The Kier molecular flexibility index (Phi) is 6.53. The van der Waals surface area contributed by atoms with E-state index in [1.807, 2.05) is 0 Å². The molecule has 0 saturated carbocycles. The lowest BCUT2D eigenvalue weighted by Crippen LogP contribution is -3.15. The number of benzene rings is 2. The zero-order valence-electron chi connectivity index (χ0n) is 15.8. The monoisotopic (exact) mass is 399 g/mol. The molecule has 0 spiro atoms. The number of nitrogens with zero attached hydrogens (tertiary/aromatic N) is 2. The first-order chi connectivity index (χ1) is 14.0. The van der Waals surface area contributed by atoms with Crippen molar-refractivity contribution in [1.29, 1.82) is 0 Å². The molecular weight excluding hydrogens is 376 g/mol. The van der Waals surface area contributed by atoms with Crippen LogP contribution in [0.15, 0.2) is 48.5 Å². The Morgan fingerprint density at radius 3 is 2.55 bits per heavy atom. The van der Waals surface area contributed by atoms with Gasteiger partial charge in [0.1, 0.15) is 6.54 Å². The molecule has 9 nitrogen and oxygen atoms in total. The van der Waals surface area contributed by atoms with E-state index in [4.69, 9.17) is 5.11 Å². The van der Waals surface area contributed by atoms with E-state index in [-0.39, 0.29) is 23.8 Å². The lowest BCUT2D eigenvalue weighted by Gasteiger charge is -2.32. The van der Waals surface area contributed by atoms with Crippen LogP contribution >= 0.6 is 0 Å². The third-order valence-electron chi connectivity index (χ3n) is 4.95. The van der Waals surface area contributed by atoms with Crippen LogP contribution in [-0.4, -0.2) is 66.1 Å². The molecule has 1 aliphatic heterocycles. The van der Waals surface area contributed by atoms with E-state index >= 15 is 0 Å². The lowest BCUT2D eigenvalue weighted by atomic mass is 10.1. The maximum Gasteiger partial charge on any atom is 0.270 e. The topological polar surface area (TPSA) is 117 Å². The number of aliphatic hydroxyl groups excluding tert-OH is 1. The molecule has 0 bridgehead atoms. The van der Waals surface area contributed by atoms with Gasteiger partial charge in [-0.3, -0.25) is 19.7 Å². The van der Waals surface area contributed by atoms with E-state index in [0.29, 0.717) is 30.9 Å². The molecule has 0 aliphatic carbocycles. The minimum atomic E-state index is -0.563. The summed E-state index contributed by atoms with van der Waals surface area (Å²) in [5.74, 6) is -0.700. The predicted octanol–water partition coefficient (Wildman–Crippen LogP) is 0.180. The number of non-ortho nitro benzene ring substituents is 1. The maximum atomic E-state index is 13.0. The van der Waals surface area contributed by atoms with Crippen LogP contribution in [0.2, 0.25) is 0 Å². The summed E-state index contributed by atoms with van der Waals surface area (Å²) in [6.07, 6.45) is 0. The normalized spacial score (nSPS) is 14.4. The van der Waals surface area contributed by atoms with Gasteiger partial charge < -0.3 is 20.2 Å². The zero-order valence-corrected chi connectivity index (χ0v) is 15.8. The van der Waals surface area contributed by atoms with Gasteiger partial charge in [0, 0.05) is 17.7 Å². The van der Waals surface area contributed by atoms with E-state index in [1.54, 1.807) is 29.2 Å². The average molecular weight is 399 g/mol. The largest absolute Gasteiger partial charge is 0.391 e. The second-order valence-electron chi connectivity index (χ2n) is 6.82. The standard InChI is InChI=1S/C20H22N4O5/c25-13-12-22-8-10-23(11-9-22)20(27)17-6-1-2-7-18(17)21-19(26)15-4-3-5-16(14-15)24(28)29/h1-7,14,25H,8-13H2,(H,21,26)/p+1. The Hall–Kier alpha value is -3.30. The van der Waals surface area contributed by atoms with Crippen LogP contribution in [0.5, 0.6) is 0 Å². The van der Waals surface area contributed by atoms with E-state index in [1.165, 1.54) is 29.2 Å². The predicted molar refractivity (Wildman–Crippen MR) is 106 cm³/mol. The van der Waals surface area contributed by atoms with Gasteiger partial charge in [-0.2, -0.15) is 0 Å². The van der Waals surface area contributed by atoms with Crippen molar-refractivity contribution >= 4 is 23.2 Å². The van der Waals surface area contributed by atoms with Gasteiger partial charge in [0.15, 0.2) is 0 Å². The molecule has 3 N–H and O–H groups in total. The smallest absolute Gasteiger partial charge is 0.270 e. The van der Waals surface area contributed by atoms with Crippen molar-refractivity contribution in [3.8, 4) is 0 Å². The fourth-order valence-corrected chi connectivity index (χ4v) is 3.34. The molecule has 1 heterocycles. The number of carbonyl (C=O) groups excluding carboxylic acids is 2. The van der Waals surface area contributed by atoms with Crippen LogP contribution in [0.25, 0.3) is 0 Å². The number of hydrogen-bond donors (Lipinski definition) is 3. The van der Waals surface area contributed by atoms with E-state index in [2.05, 4.69) is 5.32 Å². The van der Waals surface area contributed by atoms with Crippen molar-refractivity contribution in [2.75, 3.05) is 44.6 Å². The minimum absolute atomic E-state index is 0.121. The number of rotatable bonds is 6. The van der Waals surface area contributed by atoms with Gasteiger partial charge in [-0.05, 0) is 18.2 Å². The molecular formula is C20H23N4O5+. The molecule has 29 heavy (non-hydrogen) atoms. The summed E-state index contributed by atoms with van der Waals surface area (Å²) < 4.78 is 0. The minimum Gasteiger partial charge on any atom is -0.391 e. The van der Waals surface area contributed by atoms with Gasteiger partial charge in [0.2, 0.25) is 0 Å². The molecule has 0 radical (unpaired) electrons. The third-order valence-corrected chi connectivity index (χ3v) is 4.95. The molecule has 9 heteroatoms. The Bertz CT molecular complexity index is 909. The summed E-state index contributed by atoms with van der Waals surface area (Å²) >= 11 is 0. The van der Waals surface area contributed by atoms with Gasteiger partial charge in [-0.1, -0.05) is 18.2 Å². The summed E-state index contributed by atoms with van der Waals surface area (Å²) in [4.78, 5) is 38.9. The highest BCUT2D eigenvalue weighted by atomic mass is 16.6. The van der Waals surface area contributed by atoms with Gasteiger partial charge in [-0.15, -0.1) is 0 Å². The second kappa shape index (κ2) is 9.26. The molecule has 152 valence electrons. The number of hydrogen-bond acceptors (Lipinski definition) is 5. The fourth-order valence-electron chi connectivity index (χ4n) is 3.34. The van der Waals surface area contributed by atoms with E-state index < -0.39 is 10.8 Å². The number of quaternary nitrogens is 1. The fraction of sp³-hybridized carbons (Fsp3) is 0.300. The summed E-state index contributed by atoms with van der Waals surface area (Å²) in [6, 6.07) is 12.2. The summed E-state index contributed by atoms with van der Waals surface area (Å²) in [5.41, 5.74) is 0.698. The molecule has 1 fully saturated rings. The Labute approximate surface area is 167 Å². The number of amides is 2. The molecule has 0 aromatic heterocycles. The number of para-hydroxylation sites is 1. The lowest BCUT2D eigenvalue weighted by molar-refractivity contribution is -0.904. The number of nitro benzene ring substituents is 1. The molecule has 2 aromatic carbocycles. The van der Waals surface area contributed by atoms with Crippen LogP contribution in [0.3, 0.4) is 0 Å². The number of anilines is 1. The molecule has 2 amide bonds. The summed E-state index contributed by atoms with van der Waals surface area (Å²) in [5, 5.41) is 22.7. The summed E-state index contributed by atoms with van der Waals surface area (Å²) in [7, 11) is 0. The highest BCUT2D eigenvalue weighted by molar-refractivity contribution is 6.09. The Morgan fingerprint density at radius 2 is 1.86 bits per heavy atom. The highest BCUT2D eigenvalue weighted by Crippen LogP contribution is 2.20. The van der Waals surface area contributed by atoms with E-state index in [0.717, 1.165) is 13.1 Å². The first kappa shape index (κ1) is 20.4. The number of piperazine rings is 1. The number of nitro groups is 1. The van der Waals surface area contributed by atoms with Gasteiger partial charge in [0.25, 0.3) is 17.5 Å². The number of nitrogens with one attached hydrogen (secondary N) is 2. The highest BCUT2D eigenvalue weighted by Gasteiger charge is 2.26. The van der Waals surface area contributed by atoms with Crippen LogP contribution in [0.1, 0.15) is 20.7 Å². The van der Waals surface area contributed by atoms with Gasteiger partial charge in [-0.25, -0.2) is 0 Å². The third kappa shape index (κ3) is 4.95. The number of aliphatic hydroxyl groups is 1. The first-order valence-electron chi connectivity index (χ1n) is 9.38. The van der Waals surface area contributed by atoms with Crippen LogP contribution < -0.4 is 10.2 Å². The molecule has 0 unspecified atom stereocenters. The first-order valence-corrected chi connectivity index (χ1v) is 9.38. The molecule has 1 aliphatic rings. The van der Waals surface area contributed by atoms with Crippen LogP contribution in [0.4, 0.5) is 11.4 Å². The quantitative estimate of drug-likeness (QED) is 0.473. The zero-order chi connectivity index (χ0) is 20.8. The molecule has 3 rings (SSSR count). The number of carbonyl (C=O) groups is 2. The average Bonchev–Trinajstić information content (AvgIpc) is 2.74. The SMILES string of the molecule is O=C(Nc1ccccc1C(=O)N1CC[NH+](CCO)CC1)c1cccc([N+](=O)[O-])c1. The van der Waals surface area contributed by atoms with Crippen molar-refractivity contribution in [3.63, 3.8) is 0 Å². The van der Waals surface area contributed by atoms with Crippen molar-refractivity contribution in [1.82, 2.24) is 4.90 Å². The Morgan fingerprint density at radius 1 is 1.14 bits per heavy atom. The van der Waals surface area contributed by atoms with E-state index in [9.17, 15) is 19.7 Å². The molecule has 0 atom stereocenters. The molecule has 1 saturated heterocycles. The summed E-state index contributed by atoms with van der Waals surface area (Å²) in [6.45, 7) is 3.44. The van der Waals surface area contributed by atoms with Crippen LogP contribution in [0, 0.1) is 10.1 Å². The second-order valence-corrected chi connectivity index (χ2v) is 6.82. The van der Waals surface area contributed by atoms with Gasteiger partial charge >= 0.3 is 0 Å². The maximum absolute atomic E-state index is 13.0. The van der Waals surface area contributed by atoms with Crippen molar-refractivity contribution in [2.45, 2.75) is 0 Å². The van der Waals surface area contributed by atoms with Crippen molar-refractivity contribution in [2.24, 2.45) is 0 Å². The van der Waals surface area contributed by atoms with Crippen molar-refractivity contribution < 1.29 is 24.5 Å².